The average molecular weight is 294 g/mol. The summed E-state index contributed by atoms with van der Waals surface area (Å²) in [4.78, 5) is 10.1. The molecule has 0 saturated heterocycles. The maximum Gasteiger partial charge on any atom is 0.269 e. The number of non-ortho nitro benzene ring substituents is 1. The summed E-state index contributed by atoms with van der Waals surface area (Å²) in [6.45, 7) is 1.81. The lowest BCUT2D eigenvalue weighted by Crippen LogP contribution is -2.00. The van der Waals surface area contributed by atoms with Gasteiger partial charge in [-0.25, -0.2) is 4.39 Å². The Bertz CT molecular complexity index is 628. The first-order chi connectivity index (χ1) is 9.47. The first kappa shape index (κ1) is 14.5. The van der Waals surface area contributed by atoms with E-state index in [0.29, 0.717) is 12.0 Å². The maximum atomic E-state index is 13.8. The van der Waals surface area contributed by atoms with Gasteiger partial charge in [-0.1, -0.05) is 24.3 Å². The van der Waals surface area contributed by atoms with Gasteiger partial charge in [0.1, 0.15) is 5.82 Å². The van der Waals surface area contributed by atoms with Gasteiger partial charge in [0, 0.05) is 17.7 Å². The van der Waals surface area contributed by atoms with Gasteiger partial charge >= 0.3 is 0 Å². The third-order valence-corrected chi connectivity index (χ3v) is 3.44. The minimum atomic E-state index is -0.503. The summed E-state index contributed by atoms with van der Waals surface area (Å²) >= 11 is 6.23. The Labute approximate surface area is 121 Å². The first-order valence-electron chi connectivity index (χ1n) is 6.11. The number of rotatable bonds is 4. The molecule has 1 unspecified atom stereocenters. The fourth-order valence-corrected chi connectivity index (χ4v) is 2.31. The summed E-state index contributed by atoms with van der Waals surface area (Å²) in [5.41, 5.74) is 2.14. The molecule has 2 aromatic rings. The third kappa shape index (κ3) is 3.33. The molecule has 0 radical (unpaired) electrons. The monoisotopic (exact) mass is 293 g/mol. The van der Waals surface area contributed by atoms with E-state index in [4.69, 9.17) is 11.6 Å². The predicted octanol–water partition coefficient (Wildman–Crippen LogP) is 4.56. The molecule has 0 saturated carbocycles. The van der Waals surface area contributed by atoms with Crippen molar-refractivity contribution < 1.29 is 9.31 Å². The molecular weight excluding hydrogens is 281 g/mol. The molecule has 1 atom stereocenters. The summed E-state index contributed by atoms with van der Waals surface area (Å²) in [5, 5.41) is 10.1. The summed E-state index contributed by atoms with van der Waals surface area (Å²) in [5.74, 6) is -0.327. The van der Waals surface area contributed by atoms with E-state index in [2.05, 4.69) is 0 Å². The molecule has 0 spiro atoms. The van der Waals surface area contributed by atoms with Crippen LogP contribution in [0.5, 0.6) is 0 Å². The van der Waals surface area contributed by atoms with Crippen LogP contribution in [0.3, 0.4) is 0 Å². The topological polar surface area (TPSA) is 43.1 Å². The second-order valence-corrected chi connectivity index (χ2v) is 5.15. The van der Waals surface area contributed by atoms with Crippen molar-refractivity contribution in [1.82, 2.24) is 0 Å². The van der Waals surface area contributed by atoms with Crippen LogP contribution in [-0.2, 0) is 6.42 Å². The average Bonchev–Trinajstić information content (AvgIpc) is 2.39. The van der Waals surface area contributed by atoms with Crippen molar-refractivity contribution >= 4 is 17.3 Å². The molecule has 3 nitrogen and oxygen atoms in total. The number of aryl methyl sites for hydroxylation is 1. The number of benzene rings is 2. The Balaban J connectivity index is 2.14. The molecule has 2 rings (SSSR count). The number of alkyl halides is 1. The summed E-state index contributed by atoms with van der Waals surface area (Å²) in [6, 6.07) is 11.0. The molecule has 20 heavy (non-hydrogen) atoms. The molecule has 0 N–H and O–H groups in total. The predicted molar refractivity (Wildman–Crippen MR) is 76.5 cm³/mol. The highest BCUT2D eigenvalue weighted by atomic mass is 35.5. The van der Waals surface area contributed by atoms with E-state index in [1.54, 1.807) is 18.2 Å². The molecule has 0 fully saturated rings. The molecular formula is C15H13ClFNO2. The zero-order chi connectivity index (χ0) is 14.7. The lowest BCUT2D eigenvalue weighted by molar-refractivity contribution is -0.384. The van der Waals surface area contributed by atoms with Gasteiger partial charge in [-0.2, -0.15) is 0 Å². The Hall–Kier alpha value is -1.94. The van der Waals surface area contributed by atoms with Crippen molar-refractivity contribution in [2.45, 2.75) is 18.7 Å². The van der Waals surface area contributed by atoms with Crippen LogP contribution >= 0.6 is 11.6 Å². The number of nitro benzene ring substituents is 1. The standard InChI is InChI=1S/C15H13ClFNO2/c1-10-2-7-13(15(17)8-10)14(16)9-11-3-5-12(6-4-11)18(19)20/h2-8,14H,9H2,1H3. The second-order valence-electron chi connectivity index (χ2n) is 4.62. The Kier molecular flexibility index (Phi) is 4.35. The molecule has 0 bridgehead atoms. The van der Waals surface area contributed by atoms with Gasteiger partial charge in [0.05, 0.1) is 10.3 Å². The second kappa shape index (κ2) is 6.01. The van der Waals surface area contributed by atoms with Crippen LogP contribution in [0.15, 0.2) is 42.5 Å². The highest BCUT2D eigenvalue weighted by Gasteiger charge is 2.14. The zero-order valence-electron chi connectivity index (χ0n) is 10.8. The molecule has 0 aliphatic heterocycles. The van der Waals surface area contributed by atoms with Crippen LogP contribution in [0.2, 0.25) is 0 Å². The van der Waals surface area contributed by atoms with Crippen molar-refractivity contribution in [3.05, 3.63) is 75.1 Å². The highest BCUT2D eigenvalue weighted by Crippen LogP contribution is 2.28. The molecule has 0 heterocycles. The van der Waals surface area contributed by atoms with Crippen molar-refractivity contribution in [3.8, 4) is 0 Å². The molecule has 0 aliphatic carbocycles. The highest BCUT2D eigenvalue weighted by molar-refractivity contribution is 6.20. The number of hydrogen-bond acceptors (Lipinski definition) is 2. The number of hydrogen-bond donors (Lipinski definition) is 0. The molecule has 104 valence electrons. The molecule has 0 amide bonds. The van der Waals surface area contributed by atoms with Gasteiger partial charge in [0.15, 0.2) is 0 Å². The summed E-state index contributed by atoms with van der Waals surface area (Å²) in [7, 11) is 0. The Morgan fingerprint density at radius 2 is 1.90 bits per heavy atom. The lowest BCUT2D eigenvalue weighted by atomic mass is 10.0. The van der Waals surface area contributed by atoms with E-state index < -0.39 is 10.3 Å². The largest absolute Gasteiger partial charge is 0.269 e. The number of halogens is 2. The SMILES string of the molecule is Cc1ccc(C(Cl)Cc2ccc([N+](=O)[O-])cc2)c(F)c1. The van der Waals surface area contributed by atoms with E-state index in [1.807, 2.05) is 13.0 Å². The van der Waals surface area contributed by atoms with Crippen molar-refractivity contribution in [2.24, 2.45) is 0 Å². The molecule has 0 aliphatic rings. The third-order valence-electron chi connectivity index (χ3n) is 3.06. The van der Waals surface area contributed by atoms with Crippen LogP contribution in [0.4, 0.5) is 10.1 Å². The van der Waals surface area contributed by atoms with Gasteiger partial charge in [0.25, 0.3) is 5.69 Å². The Morgan fingerprint density at radius 1 is 1.25 bits per heavy atom. The summed E-state index contributed by atoms with van der Waals surface area (Å²) < 4.78 is 13.8. The first-order valence-corrected chi connectivity index (χ1v) is 6.54. The van der Waals surface area contributed by atoms with Gasteiger partial charge in [0.2, 0.25) is 0 Å². The van der Waals surface area contributed by atoms with E-state index in [9.17, 15) is 14.5 Å². The van der Waals surface area contributed by atoms with Crippen LogP contribution in [-0.4, -0.2) is 4.92 Å². The summed E-state index contributed by atoms with van der Waals surface area (Å²) in [6.07, 6.45) is 0.416. The van der Waals surface area contributed by atoms with Crippen LogP contribution in [0.25, 0.3) is 0 Å². The smallest absolute Gasteiger partial charge is 0.258 e. The quantitative estimate of drug-likeness (QED) is 0.471. The van der Waals surface area contributed by atoms with Crippen molar-refractivity contribution in [3.63, 3.8) is 0 Å². The van der Waals surface area contributed by atoms with Crippen LogP contribution < -0.4 is 0 Å². The van der Waals surface area contributed by atoms with Gasteiger partial charge in [-0.05, 0) is 30.5 Å². The maximum absolute atomic E-state index is 13.8. The van der Waals surface area contributed by atoms with Crippen LogP contribution in [0, 0.1) is 22.9 Å². The van der Waals surface area contributed by atoms with E-state index in [0.717, 1.165) is 11.1 Å². The molecule has 2 aromatic carbocycles. The fraction of sp³-hybridized carbons (Fsp3) is 0.200. The number of nitro groups is 1. The normalized spacial score (nSPS) is 12.2. The minimum Gasteiger partial charge on any atom is -0.258 e. The van der Waals surface area contributed by atoms with Crippen molar-refractivity contribution in [2.75, 3.05) is 0 Å². The van der Waals surface area contributed by atoms with Crippen LogP contribution in [0.1, 0.15) is 22.1 Å². The van der Waals surface area contributed by atoms with Crippen molar-refractivity contribution in [1.29, 1.82) is 0 Å². The zero-order valence-corrected chi connectivity index (χ0v) is 11.6. The Morgan fingerprint density at radius 3 is 2.45 bits per heavy atom. The number of nitrogens with zero attached hydrogens (tertiary/aromatic N) is 1. The van der Waals surface area contributed by atoms with E-state index in [-0.39, 0.29) is 11.5 Å². The molecule has 5 heteroatoms. The molecule has 0 aromatic heterocycles. The lowest BCUT2D eigenvalue weighted by Gasteiger charge is -2.11. The van der Waals surface area contributed by atoms with E-state index >= 15 is 0 Å². The van der Waals surface area contributed by atoms with Gasteiger partial charge in [-0.15, -0.1) is 11.6 Å². The van der Waals surface area contributed by atoms with E-state index in [1.165, 1.54) is 18.2 Å². The minimum absolute atomic E-state index is 0.0291. The fourth-order valence-electron chi connectivity index (χ4n) is 1.96. The van der Waals surface area contributed by atoms with Gasteiger partial charge < -0.3 is 0 Å². The van der Waals surface area contributed by atoms with Gasteiger partial charge in [-0.3, -0.25) is 10.1 Å².